The Bertz CT molecular complexity index is 823. The number of rotatable bonds is 6. The van der Waals surface area contributed by atoms with Crippen molar-refractivity contribution in [1.29, 1.82) is 0 Å². The molecule has 24 heavy (non-hydrogen) atoms. The van der Waals surface area contributed by atoms with Gasteiger partial charge in [0.15, 0.2) is 4.34 Å². The van der Waals surface area contributed by atoms with Crippen molar-refractivity contribution < 1.29 is 9.13 Å². The molecule has 3 aromatic rings. The van der Waals surface area contributed by atoms with E-state index in [-0.39, 0.29) is 5.82 Å². The van der Waals surface area contributed by atoms with Crippen molar-refractivity contribution in [2.75, 3.05) is 12.4 Å². The number of hydrogen-bond donors (Lipinski definition) is 1. The molecule has 0 saturated carbocycles. The molecule has 0 saturated heterocycles. The molecular formula is C16H13ClFN3OS2. The predicted molar refractivity (Wildman–Crippen MR) is 97.2 cm³/mol. The summed E-state index contributed by atoms with van der Waals surface area (Å²) in [5.74, 6) is 0.849. The van der Waals surface area contributed by atoms with Crippen LogP contribution in [-0.2, 0) is 5.75 Å². The van der Waals surface area contributed by atoms with Gasteiger partial charge in [0, 0.05) is 28.1 Å². The number of thioether (sulfide) groups is 1. The maximum atomic E-state index is 13.8. The van der Waals surface area contributed by atoms with Crippen LogP contribution >= 0.6 is 34.7 Å². The van der Waals surface area contributed by atoms with E-state index in [2.05, 4.69) is 15.5 Å². The number of nitrogens with one attached hydrogen (secondary N) is 1. The summed E-state index contributed by atoms with van der Waals surface area (Å²) in [7, 11) is 1.62. The molecule has 4 nitrogen and oxygen atoms in total. The highest BCUT2D eigenvalue weighted by molar-refractivity contribution is 8.00. The molecule has 8 heteroatoms. The highest BCUT2D eigenvalue weighted by Gasteiger charge is 2.10. The first-order chi connectivity index (χ1) is 11.7. The molecule has 0 aliphatic carbocycles. The molecule has 0 bridgehead atoms. The van der Waals surface area contributed by atoms with Gasteiger partial charge < -0.3 is 10.1 Å². The second-order valence-corrected chi connectivity index (χ2v) is 7.33. The zero-order chi connectivity index (χ0) is 16.9. The SMILES string of the molecule is COc1cccc(Nc2nnc(SCc3c(F)cccc3Cl)s2)c1. The van der Waals surface area contributed by atoms with E-state index in [0.29, 0.717) is 21.5 Å². The molecule has 2 aromatic carbocycles. The summed E-state index contributed by atoms with van der Waals surface area (Å²) in [5, 5.41) is 12.4. The summed E-state index contributed by atoms with van der Waals surface area (Å²) in [4.78, 5) is 0. The van der Waals surface area contributed by atoms with E-state index in [0.717, 1.165) is 15.8 Å². The number of methoxy groups -OCH3 is 1. The van der Waals surface area contributed by atoms with Gasteiger partial charge in [0.05, 0.1) is 7.11 Å². The lowest BCUT2D eigenvalue weighted by molar-refractivity contribution is 0.415. The minimum atomic E-state index is -0.311. The van der Waals surface area contributed by atoms with Crippen LogP contribution in [0.5, 0.6) is 5.75 Å². The smallest absolute Gasteiger partial charge is 0.210 e. The van der Waals surface area contributed by atoms with Gasteiger partial charge >= 0.3 is 0 Å². The van der Waals surface area contributed by atoms with Crippen molar-refractivity contribution in [1.82, 2.24) is 10.2 Å². The minimum absolute atomic E-state index is 0.311. The van der Waals surface area contributed by atoms with Crippen LogP contribution in [0.25, 0.3) is 0 Å². The van der Waals surface area contributed by atoms with Gasteiger partial charge in [-0.15, -0.1) is 10.2 Å². The van der Waals surface area contributed by atoms with Crippen molar-refractivity contribution in [3.8, 4) is 5.75 Å². The van der Waals surface area contributed by atoms with Gasteiger partial charge in [-0.25, -0.2) is 4.39 Å². The van der Waals surface area contributed by atoms with Crippen molar-refractivity contribution in [2.24, 2.45) is 0 Å². The van der Waals surface area contributed by atoms with Crippen LogP contribution in [0.3, 0.4) is 0 Å². The number of ether oxygens (including phenoxy) is 1. The zero-order valence-electron chi connectivity index (χ0n) is 12.6. The molecule has 0 aliphatic heterocycles. The number of aromatic nitrogens is 2. The molecule has 0 amide bonds. The van der Waals surface area contributed by atoms with Gasteiger partial charge in [0.1, 0.15) is 11.6 Å². The molecular weight excluding hydrogens is 369 g/mol. The maximum Gasteiger partial charge on any atom is 0.210 e. The number of benzene rings is 2. The molecule has 0 spiro atoms. The van der Waals surface area contributed by atoms with Gasteiger partial charge in [-0.2, -0.15) is 0 Å². The molecule has 0 aliphatic rings. The van der Waals surface area contributed by atoms with Crippen LogP contribution in [0.2, 0.25) is 5.02 Å². The Morgan fingerprint density at radius 2 is 2.08 bits per heavy atom. The summed E-state index contributed by atoms with van der Waals surface area (Å²) in [6.07, 6.45) is 0. The van der Waals surface area contributed by atoms with Crippen molar-refractivity contribution in [3.05, 3.63) is 58.9 Å². The van der Waals surface area contributed by atoms with E-state index in [9.17, 15) is 4.39 Å². The second kappa shape index (κ2) is 7.83. The third kappa shape index (κ3) is 4.17. The maximum absolute atomic E-state index is 13.8. The zero-order valence-corrected chi connectivity index (χ0v) is 15.0. The van der Waals surface area contributed by atoms with Crippen LogP contribution in [-0.4, -0.2) is 17.3 Å². The summed E-state index contributed by atoms with van der Waals surface area (Å²) in [6.45, 7) is 0. The third-order valence-corrected chi connectivity index (χ3v) is 5.48. The molecule has 1 aromatic heterocycles. The average molecular weight is 382 g/mol. The van der Waals surface area contributed by atoms with Crippen LogP contribution in [0.4, 0.5) is 15.2 Å². The van der Waals surface area contributed by atoms with E-state index < -0.39 is 0 Å². The van der Waals surface area contributed by atoms with Crippen LogP contribution in [0.15, 0.2) is 46.8 Å². The number of hydrogen-bond acceptors (Lipinski definition) is 6. The fourth-order valence-electron chi connectivity index (χ4n) is 1.95. The van der Waals surface area contributed by atoms with Crippen LogP contribution in [0.1, 0.15) is 5.56 Å². The van der Waals surface area contributed by atoms with Crippen molar-refractivity contribution in [2.45, 2.75) is 10.1 Å². The Hall–Kier alpha value is -1.83. The first-order valence-corrected chi connectivity index (χ1v) is 9.14. The average Bonchev–Trinajstić information content (AvgIpc) is 3.02. The van der Waals surface area contributed by atoms with Gasteiger partial charge in [-0.05, 0) is 24.3 Å². The Balaban J connectivity index is 1.65. The van der Waals surface area contributed by atoms with Crippen molar-refractivity contribution in [3.63, 3.8) is 0 Å². The third-order valence-electron chi connectivity index (χ3n) is 3.13. The highest BCUT2D eigenvalue weighted by Crippen LogP contribution is 2.32. The number of halogens is 2. The molecule has 1 N–H and O–H groups in total. The standard InChI is InChI=1S/C16H13ClFN3OS2/c1-22-11-5-2-4-10(8-11)19-15-20-21-16(24-15)23-9-12-13(17)6-3-7-14(12)18/h2-8H,9H2,1H3,(H,19,20). The Labute approximate surface area is 152 Å². The summed E-state index contributed by atoms with van der Waals surface area (Å²) in [5.41, 5.74) is 1.33. The molecule has 3 rings (SSSR count). The van der Waals surface area contributed by atoms with E-state index in [1.54, 1.807) is 19.2 Å². The van der Waals surface area contributed by atoms with Crippen molar-refractivity contribution >= 4 is 45.5 Å². The van der Waals surface area contributed by atoms with Gasteiger partial charge in [-0.3, -0.25) is 0 Å². The van der Waals surface area contributed by atoms with E-state index >= 15 is 0 Å². The Morgan fingerprint density at radius 1 is 1.25 bits per heavy atom. The lowest BCUT2D eigenvalue weighted by Crippen LogP contribution is -1.90. The molecule has 0 radical (unpaired) electrons. The first kappa shape index (κ1) is 17.0. The Morgan fingerprint density at radius 3 is 2.88 bits per heavy atom. The van der Waals surface area contributed by atoms with E-state index in [4.69, 9.17) is 16.3 Å². The quantitative estimate of drug-likeness (QED) is 0.581. The molecule has 0 fully saturated rings. The van der Waals surface area contributed by atoms with Crippen LogP contribution in [0, 0.1) is 5.82 Å². The normalized spacial score (nSPS) is 10.6. The number of nitrogens with zero attached hydrogens (tertiary/aromatic N) is 2. The van der Waals surface area contributed by atoms with Gasteiger partial charge in [0.2, 0.25) is 5.13 Å². The lowest BCUT2D eigenvalue weighted by atomic mass is 10.2. The fraction of sp³-hybridized carbons (Fsp3) is 0.125. The summed E-state index contributed by atoms with van der Waals surface area (Å²) < 4.78 is 19.7. The second-order valence-electron chi connectivity index (χ2n) is 4.72. The van der Waals surface area contributed by atoms with Crippen LogP contribution < -0.4 is 10.1 Å². The molecule has 1 heterocycles. The minimum Gasteiger partial charge on any atom is -0.497 e. The van der Waals surface area contributed by atoms with E-state index in [1.807, 2.05) is 24.3 Å². The topological polar surface area (TPSA) is 47.0 Å². The predicted octanol–water partition coefficient (Wildman–Crippen LogP) is 5.38. The number of anilines is 2. The fourth-order valence-corrected chi connectivity index (χ4v) is 4.06. The monoisotopic (exact) mass is 381 g/mol. The Kier molecular flexibility index (Phi) is 5.55. The van der Waals surface area contributed by atoms with Gasteiger partial charge in [-0.1, -0.05) is 46.8 Å². The first-order valence-electron chi connectivity index (χ1n) is 6.96. The lowest BCUT2D eigenvalue weighted by Gasteiger charge is -2.04. The van der Waals surface area contributed by atoms with Gasteiger partial charge in [0.25, 0.3) is 0 Å². The van der Waals surface area contributed by atoms with E-state index in [1.165, 1.54) is 29.2 Å². The molecule has 0 unspecified atom stereocenters. The molecule has 124 valence electrons. The largest absolute Gasteiger partial charge is 0.497 e. The molecule has 0 atom stereocenters. The summed E-state index contributed by atoms with van der Waals surface area (Å²) >= 11 is 8.82. The highest BCUT2D eigenvalue weighted by atomic mass is 35.5. The summed E-state index contributed by atoms with van der Waals surface area (Å²) in [6, 6.07) is 12.2.